The van der Waals surface area contributed by atoms with Crippen LogP contribution in [0.5, 0.6) is 17.2 Å². The maximum Gasteiger partial charge on any atom is 0.264 e. The molecule has 0 unspecified atom stereocenters. The Morgan fingerprint density at radius 3 is 2.68 bits per heavy atom. The van der Waals surface area contributed by atoms with Crippen LogP contribution in [0.3, 0.4) is 0 Å². The molecule has 0 aliphatic carbocycles. The average Bonchev–Trinajstić information content (AvgIpc) is 3.26. The monoisotopic (exact) mass is 462 g/mol. The van der Waals surface area contributed by atoms with Crippen molar-refractivity contribution >= 4 is 17.5 Å². The number of halogens is 1. The second kappa shape index (κ2) is 9.05. The van der Waals surface area contributed by atoms with Crippen molar-refractivity contribution in [3.05, 3.63) is 83.2 Å². The van der Waals surface area contributed by atoms with Gasteiger partial charge in [-0.25, -0.2) is 4.39 Å². The highest BCUT2D eigenvalue weighted by Crippen LogP contribution is 2.34. The fraction of sp³-hybridized carbons (Fsp3) is 0.231. The predicted molar refractivity (Wildman–Crippen MR) is 122 cm³/mol. The van der Waals surface area contributed by atoms with Gasteiger partial charge in [-0.15, -0.1) is 0 Å². The van der Waals surface area contributed by atoms with Gasteiger partial charge in [-0.2, -0.15) is 0 Å². The molecule has 0 saturated heterocycles. The van der Waals surface area contributed by atoms with E-state index >= 15 is 0 Å². The summed E-state index contributed by atoms with van der Waals surface area (Å²) >= 11 is 0. The van der Waals surface area contributed by atoms with Crippen molar-refractivity contribution in [1.82, 2.24) is 4.90 Å². The van der Waals surface area contributed by atoms with Crippen molar-refractivity contribution in [3.63, 3.8) is 0 Å². The minimum atomic E-state index is -0.617. The lowest BCUT2D eigenvalue weighted by Crippen LogP contribution is -2.38. The Hall–Kier alpha value is -4.07. The summed E-state index contributed by atoms with van der Waals surface area (Å²) in [6.07, 6.45) is -0.101. The van der Waals surface area contributed by atoms with Crippen molar-refractivity contribution in [3.8, 4) is 17.2 Å². The van der Waals surface area contributed by atoms with Crippen LogP contribution in [-0.4, -0.2) is 29.6 Å². The van der Waals surface area contributed by atoms with Gasteiger partial charge in [0.2, 0.25) is 6.79 Å². The Labute approximate surface area is 196 Å². The van der Waals surface area contributed by atoms with E-state index < -0.39 is 17.8 Å². The zero-order valence-corrected chi connectivity index (χ0v) is 18.5. The Bertz CT molecular complexity index is 1260. The van der Waals surface area contributed by atoms with Gasteiger partial charge in [-0.1, -0.05) is 25.1 Å². The zero-order valence-electron chi connectivity index (χ0n) is 18.5. The standard InChI is InChI=1S/C26H23FN2O5/c1-2-21-26(31)29(13-16-7-9-23-24(11-16)33-15-32-23)14-17-12-18(8-10-22(17)34-21)28-25(30)19-5-3-4-6-20(19)27/h3-12,21H,2,13-15H2,1H3,(H,28,30)/t21-/m0/s1. The van der Waals surface area contributed by atoms with Crippen molar-refractivity contribution in [2.75, 3.05) is 12.1 Å². The molecule has 8 heteroatoms. The Balaban J connectivity index is 1.40. The van der Waals surface area contributed by atoms with E-state index in [1.807, 2.05) is 25.1 Å². The van der Waals surface area contributed by atoms with E-state index in [0.717, 1.165) is 11.1 Å². The van der Waals surface area contributed by atoms with Gasteiger partial charge in [-0.05, 0) is 54.4 Å². The van der Waals surface area contributed by atoms with E-state index in [1.54, 1.807) is 29.2 Å². The molecule has 174 valence electrons. The van der Waals surface area contributed by atoms with Crippen LogP contribution in [-0.2, 0) is 17.9 Å². The number of fused-ring (bicyclic) bond motifs is 2. The molecule has 2 aliphatic heterocycles. The molecule has 2 amide bonds. The third kappa shape index (κ3) is 4.26. The second-order valence-electron chi connectivity index (χ2n) is 8.15. The lowest BCUT2D eigenvalue weighted by molar-refractivity contribution is -0.139. The summed E-state index contributed by atoms with van der Waals surface area (Å²) in [6.45, 7) is 2.74. The topological polar surface area (TPSA) is 77.1 Å². The first-order valence-corrected chi connectivity index (χ1v) is 11.0. The molecule has 5 rings (SSSR count). The predicted octanol–water partition coefficient (Wildman–Crippen LogP) is 4.51. The summed E-state index contributed by atoms with van der Waals surface area (Å²) in [6, 6.07) is 16.6. The highest BCUT2D eigenvalue weighted by Gasteiger charge is 2.30. The van der Waals surface area contributed by atoms with E-state index in [9.17, 15) is 14.0 Å². The molecule has 0 radical (unpaired) electrons. The van der Waals surface area contributed by atoms with Crippen LogP contribution in [0, 0.1) is 5.82 Å². The van der Waals surface area contributed by atoms with Crippen molar-refractivity contribution in [1.29, 1.82) is 0 Å². The van der Waals surface area contributed by atoms with E-state index in [1.165, 1.54) is 18.2 Å². The van der Waals surface area contributed by atoms with Gasteiger partial charge < -0.3 is 24.4 Å². The number of carbonyl (C=O) groups excluding carboxylic acids is 2. The van der Waals surface area contributed by atoms with Crippen molar-refractivity contribution in [2.45, 2.75) is 32.5 Å². The molecule has 0 fully saturated rings. The summed E-state index contributed by atoms with van der Waals surface area (Å²) in [5.74, 6) is 0.658. The van der Waals surface area contributed by atoms with Gasteiger partial charge in [0.05, 0.1) is 5.56 Å². The van der Waals surface area contributed by atoms with E-state index in [0.29, 0.717) is 42.4 Å². The number of hydrogen-bond acceptors (Lipinski definition) is 5. The number of anilines is 1. The van der Waals surface area contributed by atoms with E-state index in [4.69, 9.17) is 14.2 Å². The van der Waals surface area contributed by atoms with Crippen LogP contribution in [0.2, 0.25) is 0 Å². The molecule has 3 aromatic rings. The fourth-order valence-corrected chi connectivity index (χ4v) is 4.08. The van der Waals surface area contributed by atoms with Crippen molar-refractivity contribution < 1.29 is 28.2 Å². The molecule has 0 saturated carbocycles. The molecule has 7 nitrogen and oxygen atoms in total. The number of amides is 2. The number of benzene rings is 3. The fourth-order valence-electron chi connectivity index (χ4n) is 4.08. The summed E-state index contributed by atoms with van der Waals surface area (Å²) in [5, 5.41) is 2.73. The molecular formula is C26H23FN2O5. The first-order valence-electron chi connectivity index (χ1n) is 11.0. The third-order valence-electron chi connectivity index (χ3n) is 5.84. The first-order chi connectivity index (χ1) is 16.5. The van der Waals surface area contributed by atoms with Crippen LogP contribution >= 0.6 is 0 Å². The molecule has 0 bridgehead atoms. The highest BCUT2D eigenvalue weighted by molar-refractivity contribution is 6.04. The molecule has 0 spiro atoms. The quantitative estimate of drug-likeness (QED) is 0.604. The van der Waals surface area contributed by atoms with Crippen LogP contribution < -0.4 is 19.5 Å². The summed E-state index contributed by atoms with van der Waals surface area (Å²) < 4.78 is 30.8. The number of carbonyl (C=O) groups is 2. The molecule has 2 aliphatic rings. The zero-order chi connectivity index (χ0) is 23.7. The van der Waals surface area contributed by atoms with Crippen LogP contribution in [0.1, 0.15) is 34.8 Å². The van der Waals surface area contributed by atoms with E-state index in [-0.39, 0.29) is 18.3 Å². The summed E-state index contributed by atoms with van der Waals surface area (Å²) in [5.41, 5.74) is 2.09. The van der Waals surface area contributed by atoms with Gasteiger partial charge in [-0.3, -0.25) is 9.59 Å². The Morgan fingerprint density at radius 2 is 1.85 bits per heavy atom. The summed E-state index contributed by atoms with van der Waals surface area (Å²) in [7, 11) is 0. The Kier molecular flexibility index (Phi) is 5.79. The SMILES string of the molecule is CC[C@@H]1Oc2ccc(NC(=O)c3ccccc3F)cc2CN(Cc2ccc3c(c2)OCO3)C1=O. The Morgan fingerprint density at radius 1 is 1.06 bits per heavy atom. The molecule has 2 heterocycles. The lowest BCUT2D eigenvalue weighted by Gasteiger charge is -2.23. The van der Waals surface area contributed by atoms with Gasteiger partial charge in [0.25, 0.3) is 11.8 Å². The maximum atomic E-state index is 14.0. The number of hydrogen-bond donors (Lipinski definition) is 1. The molecule has 3 aromatic carbocycles. The number of nitrogens with zero attached hydrogens (tertiary/aromatic N) is 1. The molecule has 34 heavy (non-hydrogen) atoms. The van der Waals surface area contributed by atoms with Crippen molar-refractivity contribution in [2.24, 2.45) is 0 Å². The molecular weight excluding hydrogens is 439 g/mol. The maximum absolute atomic E-state index is 14.0. The largest absolute Gasteiger partial charge is 0.480 e. The third-order valence-corrected chi connectivity index (χ3v) is 5.84. The molecule has 1 N–H and O–H groups in total. The molecule has 1 atom stereocenters. The number of nitrogens with one attached hydrogen (secondary N) is 1. The number of ether oxygens (including phenoxy) is 3. The van der Waals surface area contributed by atoms with E-state index in [2.05, 4.69) is 5.32 Å². The van der Waals surface area contributed by atoms with Gasteiger partial charge in [0.1, 0.15) is 11.6 Å². The van der Waals surface area contributed by atoms with Crippen LogP contribution in [0.25, 0.3) is 0 Å². The minimum Gasteiger partial charge on any atom is -0.480 e. The normalized spacial score (nSPS) is 16.5. The lowest BCUT2D eigenvalue weighted by atomic mass is 10.1. The summed E-state index contributed by atoms with van der Waals surface area (Å²) in [4.78, 5) is 27.5. The van der Waals surface area contributed by atoms with Gasteiger partial charge in [0, 0.05) is 24.3 Å². The number of rotatable bonds is 5. The highest BCUT2D eigenvalue weighted by atomic mass is 19.1. The first kappa shape index (κ1) is 21.8. The smallest absolute Gasteiger partial charge is 0.264 e. The van der Waals surface area contributed by atoms with Gasteiger partial charge in [0.15, 0.2) is 17.6 Å². The molecule has 0 aromatic heterocycles. The van der Waals surface area contributed by atoms with Gasteiger partial charge >= 0.3 is 0 Å². The van der Waals surface area contributed by atoms with Crippen LogP contribution in [0.4, 0.5) is 10.1 Å². The minimum absolute atomic E-state index is 0.0423. The average molecular weight is 462 g/mol. The second-order valence-corrected chi connectivity index (χ2v) is 8.15. The van der Waals surface area contributed by atoms with Crippen LogP contribution in [0.15, 0.2) is 60.7 Å².